The molecule has 0 heterocycles. The van der Waals surface area contributed by atoms with E-state index in [2.05, 4.69) is 11.4 Å². The van der Waals surface area contributed by atoms with Gasteiger partial charge in [0.25, 0.3) is 0 Å². The van der Waals surface area contributed by atoms with Crippen LogP contribution in [0, 0.1) is 12.5 Å². The quantitative estimate of drug-likeness (QED) is 0.325. The molecule has 0 fully saturated rings. The minimum absolute atomic E-state index is 0.380. The van der Waals surface area contributed by atoms with Crippen LogP contribution in [0.2, 0.25) is 0 Å². The van der Waals surface area contributed by atoms with Gasteiger partial charge in [0.2, 0.25) is 0 Å². The molecule has 0 aliphatic heterocycles. The zero-order valence-corrected chi connectivity index (χ0v) is 5.38. The largest absolute Gasteiger partial charge is 0.334 e. The van der Waals surface area contributed by atoms with Gasteiger partial charge in [0, 0.05) is 6.04 Å². The Labute approximate surface area is 48.9 Å². The fraction of sp³-hybridized carbons (Fsp3) is 0.600. The molecule has 0 bridgehead atoms. The second kappa shape index (κ2) is 3.89. The molecule has 0 radical (unpaired) electrons. The van der Waals surface area contributed by atoms with Crippen LogP contribution in [0.5, 0.6) is 0 Å². The number of terminal acetylenes is 1. The van der Waals surface area contributed by atoms with Gasteiger partial charge in [0.05, 0.1) is 5.37 Å². The molecule has 0 aromatic carbocycles. The lowest BCUT2D eigenvalue weighted by Gasteiger charge is -2.02. The highest BCUT2D eigenvalue weighted by Gasteiger charge is 1.88. The van der Waals surface area contributed by atoms with Crippen molar-refractivity contribution in [2.45, 2.75) is 12.3 Å². The average molecular weight is 115 g/mol. The van der Waals surface area contributed by atoms with Gasteiger partial charge in [-0.1, -0.05) is 6.42 Å². The number of rotatable bonds is 2. The third-order valence-corrected chi connectivity index (χ3v) is 1.47. The zero-order chi connectivity index (χ0) is 5.70. The van der Waals surface area contributed by atoms with Crippen molar-refractivity contribution >= 4 is 11.8 Å². The van der Waals surface area contributed by atoms with Crippen molar-refractivity contribution in [1.29, 1.82) is 0 Å². The van der Waals surface area contributed by atoms with Crippen LogP contribution >= 0.6 is 11.8 Å². The maximum absolute atomic E-state index is 4.93. The van der Waals surface area contributed by atoms with E-state index in [1.807, 2.05) is 13.2 Å². The molecular weight excluding hydrogens is 106 g/mol. The van der Waals surface area contributed by atoms with Crippen LogP contribution in [0.3, 0.4) is 0 Å². The molecule has 0 saturated heterocycles. The molecule has 7 heavy (non-hydrogen) atoms. The highest BCUT2D eigenvalue weighted by Crippen LogP contribution is 1.97. The maximum Gasteiger partial charge on any atom is 0.0766 e. The smallest absolute Gasteiger partial charge is 0.0766 e. The number of nitrogens with one attached hydrogen (secondary N) is 1. The van der Waals surface area contributed by atoms with Crippen LogP contribution < -0.4 is 5.32 Å². The normalized spacial score (nSPS) is 12.1. The highest BCUT2D eigenvalue weighted by atomic mass is 32.2. The van der Waals surface area contributed by atoms with Gasteiger partial charge in [0.1, 0.15) is 0 Å². The van der Waals surface area contributed by atoms with E-state index in [9.17, 15) is 0 Å². The molecular formula is C5H9NS. The Morgan fingerprint density at radius 2 is 2.43 bits per heavy atom. The molecule has 1 nitrogen and oxygen atoms in total. The summed E-state index contributed by atoms with van der Waals surface area (Å²) in [6.07, 6.45) is 6.94. The van der Waals surface area contributed by atoms with E-state index in [1.54, 1.807) is 11.8 Å². The summed E-state index contributed by atoms with van der Waals surface area (Å²) in [5, 5.41) is 3.17. The highest BCUT2D eigenvalue weighted by molar-refractivity contribution is 7.99. The van der Waals surface area contributed by atoms with Crippen molar-refractivity contribution in [3.63, 3.8) is 0 Å². The first-order valence-electron chi connectivity index (χ1n) is 2.05. The molecule has 2 heteroatoms. The lowest BCUT2D eigenvalue weighted by Crippen LogP contribution is -2.15. The molecule has 0 aliphatic carbocycles. The van der Waals surface area contributed by atoms with Crippen molar-refractivity contribution in [2.24, 2.45) is 0 Å². The maximum atomic E-state index is 4.93. The Hall–Kier alpha value is -0.290. The van der Waals surface area contributed by atoms with Gasteiger partial charge >= 0.3 is 0 Å². The van der Waals surface area contributed by atoms with E-state index < -0.39 is 0 Å². The van der Waals surface area contributed by atoms with Gasteiger partial charge in [-0.25, -0.2) is 0 Å². The summed E-state index contributed by atoms with van der Waals surface area (Å²) in [5.74, 6) is 0. The third kappa shape index (κ3) is 3.54. The van der Waals surface area contributed by atoms with Gasteiger partial charge in [-0.15, -0.1) is 11.8 Å². The fourth-order valence-electron chi connectivity index (χ4n) is 0.176. The van der Waals surface area contributed by atoms with E-state index in [1.165, 1.54) is 0 Å². The summed E-state index contributed by atoms with van der Waals surface area (Å²) in [6.45, 7) is 2.02. The SMILES string of the molecule is C#CNC(C)SC. The van der Waals surface area contributed by atoms with Crippen LogP contribution in [0.25, 0.3) is 0 Å². The minimum Gasteiger partial charge on any atom is -0.334 e. The summed E-state index contributed by atoms with van der Waals surface area (Å²) in [5.41, 5.74) is 0. The van der Waals surface area contributed by atoms with Crippen molar-refractivity contribution in [1.82, 2.24) is 5.32 Å². The van der Waals surface area contributed by atoms with Crippen molar-refractivity contribution in [3.05, 3.63) is 0 Å². The predicted octanol–water partition coefficient (Wildman–Crippen LogP) is 0.876. The van der Waals surface area contributed by atoms with E-state index in [0.29, 0.717) is 5.37 Å². The number of hydrogen-bond acceptors (Lipinski definition) is 2. The van der Waals surface area contributed by atoms with E-state index in [0.717, 1.165) is 0 Å². The first-order valence-corrected chi connectivity index (χ1v) is 3.34. The lowest BCUT2D eigenvalue weighted by atomic mass is 10.7. The number of hydrogen-bond donors (Lipinski definition) is 1. The van der Waals surface area contributed by atoms with Gasteiger partial charge < -0.3 is 5.32 Å². The van der Waals surface area contributed by atoms with E-state index in [-0.39, 0.29) is 0 Å². The lowest BCUT2D eigenvalue weighted by molar-refractivity contribution is 0.887. The molecule has 0 spiro atoms. The third-order valence-electron chi connectivity index (χ3n) is 0.640. The van der Waals surface area contributed by atoms with E-state index >= 15 is 0 Å². The van der Waals surface area contributed by atoms with Crippen molar-refractivity contribution in [3.8, 4) is 12.5 Å². The Morgan fingerprint density at radius 1 is 1.86 bits per heavy atom. The Morgan fingerprint density at radius 3 is 2.57 bits per heavy atom. The van der Waals surface area contributed by atoms with Gasteiger partial charge in [0.15, 0.2) is 0 Å². The summed E-state index contributed by atoms with van der Waals surface area (Å²) >= 11 is 1.70. The molecule has 1 atom stereocenters. The predicted molar refractivity (Wildman–Crippen MR) is 34.9 cm³/mol. The monoisotopic (exact) mass is 115 g/mol. The average Bonchev–Trinajstić information content (AvgIpc) is 1.68. The van der Waals surface area contributed by atoms with Crippen LogP contribution in [0.1, 0.15) is 6.92 Å². The summed E-state index contributed by atoms with van der Waals surface area (Å²) < 4.78 is 0. The fourth-order valence-corrected chi connectivity index (χ4v) is 0.362. The summed E-state index contributed by atoms with van der Waals surface area (Å²) in [4.78, 5) is 0. The van der Waals surface area contributed by atoms with Crippen molar-refractivity contribution < 1.29 is 0 Å². The molecule has 40 valence electrons. The van der Waals surface area contributed by atoms with Crippen molar-refractivity contribution in [2.75, 3.05) is 6.26 Å². The van der Waals surface area contributed by atoms with Crippen LogP contribution in [-0.2, 0) is 0 Å². The Kier molecular flexibility index (Phi) is 3.72. The standard InChI is InChI=1S/C5H9NS/c1-4-6-5(2)7-3/h1,5-6H,2-3H3. The second-order valence-electron chi connectivity index (χ2n) is 1.17. The molecule has 1 N–H and O–H groups in total. The van der Waals surface area contributed by atoms with Gasteiger partial charge in [-0.2, -0.15) is 0 Å². The topological polar surface area (TPSA) is 12.0 Å². The van der Waals surface area contributed by atoms with Crippen LogP contribution in [-0.4, -0.2) is 11.6 Å². The molecule has 0 aromatic heterocycles. The molecule has 0 saturated carbocycles. The summed E-state index contributed by atoms with van der Waals surface area (Å²) in [6, 6.07) is 2.35. The van der Waals surface area contributed by atoms with E-state index in [4.69, 9.17) is 6.42 Å². The van der Waals surface area contributed by atoms with Gasteiger partial charge in [-0.05, 0) is 13.2 Å². The molecule has 0 aromatic rings. The van der Waals surface area contributed by atoms with Crippen LogP contribution in [0.4, 0.5) is 0 Å². The zero-order valence-electron chi connectivity index (χ0n) is 4.56. The first kappa shape index (κ1) is 6.71. The Bertz CT molecular complexity index is 74.6. The molecule has 0 rings (SSSR count). The first-order chi connectivity index (χ1) is 3.31. The Balaban J connectivity index is 3.03. The molecule has 0 amide bonds. The minimum atomic E-state index is 0.380. The second-order valence-corrected chi connectivity index (χ2v) is 2.35. The number of thioether (sulfide) groups is 1. The van der Waals surface area contributed by atoms with Crippen LogP contribution in [0.15, 0.2) is 0 Å². The van der Waals surface area contributed by atoms with Gasteiger partial charge in [-0.3, -0.25) is 0 Å². The molecule has 1 unspecified atom stereocenters. The summed E-state index contributed by atoms with van der Waals surface area (Å²) in [7, 11) is 0. The molecule has 0 aliphatic rings.